The zero-order chi connectivity index (χ0) is 26.4. The Kier molecular flexibility index (Phi) is 7.99. The van der Waals surface area contributed by atoms with E-state index in [0.29, 0.717) is 24.2 Å². The summed E-state index contributed by atoms with van der Waals surface area (Å²) >= 11 is 0.923. The minimum Gasteiger partial charge on any atom is -0.494 e. The lowest BCUT2D eigenvalue weighted by Crippen LogP contribution is -2.25. The first-order valence-corrected chi connectivity index (χ1v) is 12.4. The van der Waals surface area contributed by atoms with Gasteiger partial charge in [-0.2, -0.15) is 0 Å². The zero-order valence-corrected chi connectivity index (χ0v) is 20.8. The largest absolute Gasteiger partial charge is 0.494 e. The van der Waals surface area contributed by atoms with E-state index in [1.807, 2.05) is 24.3 Å². The Bertz CT molecular complexity index is 1440. The number of benzene rings is 3. The molecule has 1 unspecified atom stereocenters. The number of nitro groups is 1. The molecule has 2 N–H and O–H groups in total. The van der Waals surface area contributed by atoms with Crippen molar-refractivity contribution in [2.24, 2.45) is 0 Å². The number of nitrogens with zero attached hydrogens (tertiary/aromatic N) is 2. The van der Waals surface area contributed by atoms with Gasteiger partial charge < -0.3 is 15.2 Å². The summed E-state index contributed by atoms with van der Waals surface area (Å²) in [6.45, 7) is 0.149. The molecule has 1 amide bonds. The number of thiazole rings is 1. The molecule has 1 atom stereocenters. The molecule has 190 valence electrons. The number of non-ortho nitro benzene ring substituents is 1. The SMILES string of the molecule is CNC(=O)c1ccc(CCC(COc2ccc(-c3cccc([N+](=O)[O-])c3)cc2)n2c(O)csc2=O)cc1. The highest BCUT2D eigenvalue weighted by Crippen LogP contribution is 2.27. The van der Waals surface area contributed by atoms with E-state index in [0.717, 1.165) is 28.0 Å². The number of hydrogen-bond donors (Lipinski definition) is 2. The van der Waals surface area contributed by atoms with Gasteiger partial charge in [0.25, 0.3) is 11.6 Å². The van der Waals surface area contributed by atoms with Crippen molar-refractivity contribution in [2.75, 3.05) is 13.7 Å². The Morgan fingerprint density at radius 2 is 1.84 bits per heavy atom. The molecule has 3 aromatic carbocycles. The van der Waals surface area contributed by atoms with Crippen LogP contribution in [-0.2, 0) is 6.42 Å². The Balaban J connectivity index is 1.46. The zero-order valence-electron chi connectivity index (χ0n) is 20.0. The number of aryl methyl sites for hydroxylation is 1. The number of ether oxygens (including phenoxy) is 1. The molecular formula is C27H25N3O6S. The van der Waals surface area contributed by atoms with Crippen LogP contribution in [0.15, 0.2) is 83.0 Å². The number of nitro benzene ring substituents is 1. The van der Waals surface area contributed by atoms with Crippen LogP contribution in [0.1, 0.15) is 28.4 Å². The fourth-order valence-electron chi connectivity index (χ4n) is 3.97. The Morgan fingerprint density at radius 1 is 1.11 bits per heavy atom. The van der Waals surface area contributed by atoms with Crippen molar-refractivity contribution in [2.45, 2.75) is 18.9 Å². The standard InChI is InChI=1S/C27H25N3O6S/c1-28-26(32)20-8-5-18(6-9-20)7-12-23(29-25(31)17-37-27(29)33)16-36-24-13-10-19(11-14-24)21-3-2-4-22(15-21)30(34)35/h2-6,8-11,13-15,17,23,31H,7,12,16H2,1H3,(H,28,32). The van der Waals surface area contributed by atoms with Crippen LogP contribution in [0.5, 0.6) is 11.6 Å². The van der Waals surface area contributed by atoms with Gasteiger partial charge in [-0.05, 0) is 53.8 Å². The summed E-state index contributed by atoms with van der Waals surface area (Å²) < 4.78 is 7.32. The predicted molar refractivity (Wildman–Crippen MR) is 141 cm³/mol. The van der Waals surface area contributed by atoms with Crippen LogP contribution in [0.25, 0.3) is 11.1 Å². The van der Waals surface area contributed by atoms with Gasteiger partial charge in [-0.15, -0.1) is 0 Å². The molecule has 0 aliphatic carbocycles. The van der Waals surface area contributed by atoms with Crippen LogP contribution in [-0.4, -0.2) is 34.2 Å². The minimum atomic E-state index is -0.431. The van der Waals surface area contributed by atoms with Crippen molar-refractivity contribution in [1.29, 1.82) is 0 Å². The monoisotopic (exact) mass is 519 g/mol. The van der Waals surface area contributed by atoms with Crippen LogP contribution in [0.4, 0.5) is 5.69 Å². The van der Waals surface area contributed by atoms with E-state index in [1.165, 1.54) is 22.1 Å². The van der Waals surface area contributed by atoms with Gasteiger partial charge in [0.05, 0.1) is 16.3 Å². The second-order valence-electron chi connectivity index (χ2n) is 8.34. The number of aromatic hydroxyl groups is 1. The summed E-state index contributed by atoms with van der Waals surface area (Å²) in [6, 6.07) is 20.3. The molecule has 0 saturated heterocycles. The molecule has 4 aromatic rings. The highest BCUT2D eigenvalue weighted by atomic mass is 32.1. The summed E-state index contributed by atoms with van der Waals surface area (Å²) in [5.74, 6) is 0.292. The van der Waals surface area contributed by atoms with Gasteiger partial charge in [0.2, 0.25) is 5.88 Å². The number of amides is 1. The maximum atomic E-state index is 12.4. The molecule has 0 fully saturated rings. The molecule has 9 nitrogen and oxygen atoms in total. The average molecular weight is 520 g/mol. The Labute approximate surface area is 216 Å². The molecule has 0 aliphatic rings. The van der Waals surface area contributed by atoms with Gasteiger partial charge in [0.15, 0.2) is 0 Å². The fourth-order valence-corrected chi connectivity index (χ4v) is 4.64. The van der Waals surface area contributed by atoms with Crippen molar-refractivity contribution in [3.63, 3.8) is 0 Å². The van der Waals surface area contributed by atoms with E-state index in [2.05, 4.69) is 5.32 Å². The van der Waals surface area contributed by atoms with Gasteiger partial charge in [0.1, 0.15) is 12.4 Å². The molecule has 0 bridgehead atoms. The van der Waals surface area contributed by atoms with Gasteiger partial charge >= 0.3 is 4.87 Å². The smallest absolute Gasteiger partial charge is 0.310 e. The van der Waals surface area contributed by atoms with Crippen molar-refractivity contribution < 1.29 is 19.6 Å². The number of aromatic nitrogens is 1. The summed E-state index contributed by atoms with van der Waals surface area (Å²) in [5.41, 5.74) is 3.09. The lowest BCUT2D eigenvalue weighted by atomic mass is 10.0. The molecule has 0 radical (unpaired) electrons. The van der Waals surface area contributed by atoms with Crippen LogP contribution in [0.2, 0.25) is 0 Å². The van der Waals surface area contributed by atoms with Crippen LogP contribution >= 0.6 is 11.3 Å². The average Bonchev–Trinajstić information content (AvgIpc) is 3.26. The predicted octanol–water partition coefficient (Wildman–Crippen LogP) is 4.80. The first-order chi connectivity index (χ1) is 17.9. The van der Waals surface area contributed by atoms with E-state index in [4.69, 9.17) is 4.74 Å². The third-order valence-electron chi connectivity index (χ3n) is 5.97. The molecule has 4 rings (SSSR count). The number of carbonyl (C=O) groups excluding carboxylic acids is 1. The maximum absolute atomic E-state index is 12.4. The third-order valence-corrected chi connectivity index (χ3v) is 6.70. The highest BCUT2D eigenvalue weighted by Gasteiger charge is 2.19. The maximum Gasteiger partial charge on any atom is 0.310 e. The van der Waals surface area contributed by atoms with Gasteiger partial charge in [-0.3, -0.25) is 24.3 Å². The quantitative estimate of drug-likeness (QED) is 0.229. The lowest BCUT2D eigenvalue weighted by molar-refractivity contribution is -0.384. The number of nitrogens with one attached hydrogen (secondary N) is 1. The first-order valence-electron chi connectivity index (χ1n) is 11.5. The second-order valence-corrected chi connectivity index (χ2v) is 9.16. The van der Waals surface area contributed by atoms with Crippen LogP contribution < -0.4 is 14.9 Å². The molecule has 1 aromatic heterocycles. The number of rotatable bonds is 10. The van der Waals surface area contributed by atoms with Crippen LogP contribution in [0.3, 0.4) is 0 Å². The summed E-state index contributed by atoms with van der Waals surface area (Å²) in [4.78, 5) is 34.5. The van der Waals surface area contributed by atoms with E-state index >= 15 is 0 Å². The topological polar surface area (TPSA) is 124 Å². The summed E-state index contributed by atoms with van der Waals surface area (Å²) in [6.07, 6.45) is 1.13. The van der Waals surface area contributed by atoms with Gasteiger partial charge in [-0.25, -0.2) is 0 Å². The Morgan fingerprint density at radius 3 is 2.46 bits per heavy atom. The van der Waals surface area contributed by atoms with Crippen molar-refractivity contribution in [3.8, 4) is 22.8 Å². The van der Waals surface area contributed by atoms with Crippen molar-refractivity contribution in [3.05, 3.63) is 109 Å². The van der Waals surface area contributed by atoms with Gasteiger partial charge in [-0.1, -0.05) is 47.7 Å². The van der Waals surface area contributed by atoms with Crippen LogP contribution in [0, 0.1) is 10.1 Å². The molecule has 10 heteroatoms. The van der Waals surface area contributed by atoms with Gasteiger partial charge in [0, 0.05) is 24.7 Å². The second kappa shape index (κ2) is 11.5. The first kappa shape index (κ1) is 25.6. The lowest BCUT2D eigenvalue weighted by Gasteiger charge is -2.20. The Hall–Kier alpha value is -4.44. The van der Waals surface area contributed by atoms with E-state index in [-0.39, 0.29) is 29.0 Å². The summed E-state index contributed by atoms with van der Waals surface area (Å²) in [7, 11) is 1.58. The molecule has 0 aliphatic heterocycles. The third kappa shape index (κ3) is 6.22. The van der Waals surface area contributed by atoms with E-state index in [1.54, 1.807) is 43.4 Å². The molecule has 37 heavy (non-hydrogen) atoms. The number of carbonyl (C=O) groups is 1. The highest BCUT2D eigenvalue weighted by molar-refractivity contribution is 7.07. The van der Waals surface area contributed by atoms with E-state index in [9.17, 15) is 24.8 Å². The minimum absolute atomic E-state index is 0.0185. The molecule has 0 spiro atoms. The van der Waals surface area contributed by atoms with Crippen molar-refractivity contribution >= 4 is 22.9 Å². The molecule has 0 saturated carbocycles. The van der Waals surface area contributed by atoms with Crippen molar-refractivity contribution in [1.82, 2.24) is 9.88 Å². The normalized spacial score (nSPS) is 11.6. The molecule has 1 heterocycles. The summed E-state index contributed by atoms with van der Waals surface area (Å²) in [5, 5.41) is 25.3. The molecular weight excluding hydrogens is 494 g/mol. The van der Waals surface area contributed by atoms with E-state index < -0.39 is 11.0 Å². The number of hydrogen-bond acceptors (Lipinski definition) is 7. The fraction of sp³-hybridized carbons (Fsp3) is 0.185.